The van der Waals surface area contributed by atoms with Crippen molar-refractivity contribution in [3.05, 3.63) is 33.9 Å². The van der Waals surface area contributed by atoms with Gasteiger partial charge in [-0.2, -0.15) is 0 Å². The Morgan fingerprint density at radius 2 is 2.06 bits per heavy atom. The fraction of sp³-hybridized carbons (Fsp3) is 0.300. The number of hydrogen-bond acceptors (Lipinski definition) is 5. The summed E-state index contributed by atoms with van der Waals surface area (Å²) in [4.78, 5) is 23.1. The topological polar surface area (TPSA) is 72.7 Å². The average molecular weight is 224 g/mol. The van der Waals surface area contributed by atoms with Gasteiger partial charge >= 0.3 is 5.97 Å². The molecule has 0 atom stereocenters. The molecule has 6 nitrogen and oxygen atoms in total. The molecule has 0 bridgehead atoms. The first-order valence-electron chi connectivity index (χ1n) is 4.51. The number of nitro benzene ring substituents is 1. The molecule has 0 fully saturated rings. The van der Waals surface area contributed by atoms with Crippen molar-refractivity contribution < 1.29 is 14.5 Å². The van der Waals surface area contributed by atoms with Crippen LogP contribution in [-0.2, 0) is 4.74 Å². The molecular formula is C10H12N2O4. The Labute approximate surface area is 92.6 Å². The third-order valence-corrected chi connectivity index (χ3v) is 2.08. The summed E-state index contributed by atoms with van der Waals surface area (Å²) in [5.74, 6) is -0.516. The minimum Gasteiger partial charge on any atom is -0.465 e. The predicted octanol–water partition coefficient (Wildman–Crippen LogP) is 1.45. The van der Waals surface area contributed by atoms with Crippen LogP contribution in [0.4, 0.5) is 11.4 Å². The third kappa shape index (κ3) is 2.28. The molecule has 0 N–H and O–H groups in total. The van der Waals surface area contributed by atoms with Gasteiger partial charge in [0.2, 0.25) is 0 Å². The van der Waals surface area contributed by atoms with E-state index in [2.05, 4.69) is 4.74 Å². The Kier molecular flexibility index (Phi) is 3.44. The normalized spacial score (nSPS) is 9.69. The van der Waals surface area contributed by atoms with Crippen molar-refractivity contribution >= 4 is 17.3 Å². The predicted molar refractivity (Wildman–Crippen MR) is 58.8 cm³/mol. The maximum atomic E-state index is 11.3. The summed E-state index contributed by atoms with van der Waals surface area (Å²) in [5.41, 5.74) is 0.613. The second-order valence-electron chi connectivity index (χ2n) is 3.35. The van der Waals surface area contributed by atoms with E-state index in [4.69, 9.17) is 0 Å². The van der Waals surface area contributed by atoms with E-state index in [1.54, 1.807) is 19.0 Å². The molecule has 86 valence electrons. The van der Waals surface area contributed by atoms with Crippen molar-refractivity contribution in [1.29, 1.82) is 0 Å². The lowest BCUT2D eigenvalue weighted by molar-refractivity contribution is -0.384. The van der Waals surface area contributed by atoms with Crippen LogP contribution in [0.3, 0.4) is 0 Å². The molecule has 0 unspecified atom stereocenters. The summed E-state index contributed by atoms with van der Waals surface area (Å²) in [6.45, 7) is 0. The number of benzene rings is 1. The number of methoxy groups -OCH3 is 1. The molecule has 16 heavy (non-hydrogen) atoms. The molecule has 0 saturated carbocycles. The molecule has 0 saturated heterocycles. The SMILES string of the molecule is COC(=O)c1ccc([N+](=O)[O-])c(N(C)C)c1. The Morgan fingerprint density at radius 1 is 1.44 bits per heavy atom. The lowest BCUT2D eigenvalue weighted by Gasteiger charge is -2.13. The number of hydrogen-bond donors (Lipinski definition) is 0. The lowest BCUT2D eigenvalue weighted by atomic mass is 10.1. The van der Waals surface area contributed by atoms with Crippen LogP contribution in [0.15, 0.2) is 18.2 Å². The average Bonchev–Trinajstić information content (AvgIpc) is 2.26. The second kappa shape index (κ2) is 4.61. The molecule has 0 heterocycles. The van der Waals surface area contributed by atoms with Crippen molar-refractivity contribution in [3.63, 3.8) is 0 Å². The zero-order valence-electron chi connectivity index (χ0n) is 9.26. The molecule has 0 aliphatic rings. The number of anilines is 1. The summed E-state index contributed by atoms with van der Waals surface area (Å²) in [7, 11) is 4.60. The van der Waals surface area contributed by atoms with Crippen LogP contribution in [-0.4, -0.2) is 32.1 Å². The molecule has 0 aromatic heterocycles. The van der Waals surface area contributed by atoms with Crippen molar-refractivity contribution in [2.45, 2.75) is 0 Å². The highest BCUT2D eigenvalue weighted by Crippen LogP contribution is 2.27. The van der Waals surface area contributed by atoms with E-state index >= 15 is 0 Å². The largest absolute Gasteiger partial charge is 0.465 e. The molecule has 0 aliphatic heterocycles. The van der Waals surface area contributed by atoms with Gasteiger partial charge in [-0.25, -0.2) is 4.79 Å². The number of carbonyl (C=O) groups excluding carboxylic acids is 1. The smallest absolute Gasteiger partial charge is 0.337 e. The van der Waals surface area contributed by atoms with E-state index in [9.17, 15) is 14.9 Å². The van der Waals surface area contributed by atoms with E-state index in [0.717, 1.165) is 0 Å². The van der Waals surface area contributed by atoms with E-state index in [-0.39, 0.29) is 11.3 Å². The quantitative estimate of drug-likeness (QED) is 0.441. The molecule has 0 radical (unpaired) electrons. The summed E-state index contributed by atoms with van der Waals surface area (Å²) in [6, 6.07) is 4.10. The van der Waals surface area contributed by atoms with E-state index in [1.807, 2.05) is 0 Å². The monoisotopic (exact) mass is 224 g/mol. The first kappa shape index (κ1) is 12.0. The Hall–Kier alpha value is -2.11. The van der Waals surface area contributed by atoms with E-state index in [0.29, 0.717) is 5.69 Å². The van der Waals surface area contributed by atoms with Gasteiger partial charge in [-0.05, 0) is 12.1 Å². The molecule has 0 spiro atoms. The summed E-state index contributed by atoms with van der Waals surface area (Å²) in [5, 5.41) is 10.7. The zero-order chi connectivity index (χ0) is 12.3. The number of nitrogens with zero attached hydrogens (tertiary/aromatic N) is 2. The fourth-order valence-electron chi connectivity index (χ4n) is 1.28. The number of carbonyl (C=O) groups is 1. The number of esters is 1. The Morgan fingerprint density at radius 3 is 2.50 bits per heavy atom. The van der Waals surface area contributed by atoms with Gasteiger partial charge in [-0.3, -0.25) is 10.1 Å². The minimum absolute atomic E-state index is 0.0438. The second-order valence-corrected chi connectivity index (χ2v) is 3.35. The van der Waals surface area contributed by atoms with Gasteiger partial charge in [0.05, 0.1) is 17.6 Å². The Bertz CT molecular complexity index is 429. The molecule has 0 amide bonds. The van der Waals surface area contributed by atoms with Crippen molar-refractivity contribution in [2.24, 2.45) is 0 Å². The van der Waals surface area contributed by atoms with Crippen LogP contribution < -0.4 is 4.90 Å². The molecule has 1 rings (SSSR count). The lowest BCUT2D eigenvalue weighted by Crippen LogP contribution is -2.12. The van der Waals surface area contributed by atoms with Crippen molar-refractivity contribution in [1.82, 2.24) is 0 Å². The van der Waals surface area contributed by atoms with Gasteiger partial charge in [0.25, 0.3) is 5.69 Å². The highest BCUT2D eigenvalue weighted by molar-refractivity contribution is 5.91. The Balaban J connectivity index is 3.28. The van der Waals surface area contributed by atoms with Crippen LogP contribution in [0.25, 0.3) is 0 Å². The molecule has 1 aromatic carbocycles. The van der Waals surface area contributed by atoms with Gasteiger partial charge in [0.15, 0.2) is 0 Å². The maximum Gasteiger partial charge on any atom is 0.337 e. The molecule has 0 aliphatic carbocycles. The molecule has 6 heteroatoms. The fourth-order valence-corrected chi connectivity index (χ4v) is 1.28. The molecular weight excluding hydrogens is 212 g/mol. The van der Waals surface area contributed by atoms with E-state index < -0.39 is 10.9 Å². The number of rotatable bonds is 3. The molecule has 1 aromatic rings. The van der Waals surface area contributed by atoms with Crippen LogP contribution in [0.1, 0.15) is 10.4 Å². The summed E-state index contributed by atoms with van der Waals surface area (Å²) in [6.07, 6.45) is 0. The summed E-state index contributed by atoms with van der Waals surface area (Å²) < 4.78 is 4.54. The van der Waals surface area contributed by atoms with Gasteiger partial charge < -0.3 is 9.64 Å². The summed E-state index contributed by atoms with van der Waals surface area (Å²) >= 11 is 0. The van der Waals surface area contributed by atoms with Crippen molar-refractivity contribution in [3.8, 4) is 0 Å². The maximum absolute atomic E-state index is 11.3. The van der Waals surface area contributed by atoms with Crippen LogP contribution >= 0.6 is 0 Å². The van der Waals surface area contributed by atoms with Crippen LogP contribution in [0.5, 0.6) is 0 Å². The standard InChI is InChI=1S/C10H12N2O4/c1-11(2)9-6-7(10(13)16-3)4-5-8(9)12(14)15/h4-6H,1-3H3. The zero-order valence-corrected chi connectivity index (χ0v) is 9.26. The van der Waals surface area contributed by atoms with Gasteiger partial charge in [-0.1, -0.05) is 0 Å². The van der Waals surface area contributed by atoms with Crippen LogP contribution in [0, 0.1) is 10.1 Å². The minimum atomic E-state index is -0.516. The van der Waals surface area contributed by atoms with Gasteiger partial charge in [-0.15, -0.1) is 0 Å². The highest BCUT2D eigenvalue weighted by atomic mass is 16.6. The van der Waals surface area contributed by atoms with Gasteiger partial charge in [0, 0.05) is 20.2 Å². The number of nitro groups is 1. The first-order valence-corrected chi connectivity index (χ1v) is 4.51. The number of ether oxygens (including phenoxy) is 1. The highest BCUT2D eigenvalue weighted by Gasteiger charge is 2.18. The van der Waals surface area contributed by atoms with Crippen LogP contribution in [0.2, 0.25) is 0 Å². The first-order chi connectivity index (χ1) is 7.47. The third-order valence-electron chi connectivity index (χ3n) is 2.08. The van der Waals surface area contributed by atoms with Gasteiger partial charge in [0.1, 0.15) is 5.69 Å². The van der Waals surface area contributed by atoms with Crippen molar-refractivity contribution in [2.75, 3.05) is 26.1 Å². The van der Waals surface area contributed by atoms with E-state index in [1.165, 1.54) is 25.3 Å².